The molecule has 0 heterocycles. The van der Waals surface area contributed by atoms with E-state index in [1.165, 1.54) is 13.0 Å². The van der Waals surface area contributed by atoms with Crippen molar-refractivity contribution in [3.8, 4) is 11.5 Å². The third-order valence-corrected chi connectivity index (χ3v) is 2.92. The Labute approximate surface area is 108 Å². The number of ketones is 1. The number of likely N-dealkylation sites (N-methyl/N-ethyl adjacent to an activating group) is 1. The van der Waals surface area contributed by atoms with Crippen LogP contribution in [0.4, 0.5) is 0 Å². The van der Waals surface area contributed by atoms with Crippen molar-refractivity contribution >= 4 is 5.78 Å². The van der Waals surface area contributed by atoms with Crippen molar-refractivity contribution in [2.45, 2.75) is 20.8 Å². The molecule has 0 aliphatic rings. The van der Waals surface area contributed by atoms with E-state index in [2.05, 4.69) is 18.7 Å². The Balaban J connectivity index is 2.53. The van der Waals surface area contributed by atoms with Crippen molar-refractivity contribution in [3.05, 3.63) is 23.8 Å². The van der Waals surface area contributed by atoms with Crippen molar-refractivity contribution in [1.29, 1.82) is 0 Å². The van der Waals surface area contributed by atoms with Gasteiger partial charge in [0.15, 0.2) is 5.78 Å². The summed E-state index contributed by atoms with van der Waals surface area (Å²) in [6, 6.07) is 4.78. The van der Waals surface area contributed by atoms with Crippen LogP contribution in [0.25, 0.3) is 0 Å². The monoisotopic (exact) mass is 251 g/mol. The van der Waals surface area contributed by atoms with Gasteiger partial charge in [0.25, 0.3) is 0 Å². The quantitative estimate of drug-likeness (QED) is 0.756. The van der Waals surface area contributed by atoms with Crippen LogP contribution in [0.2, 0.25) is 0 Å². The van der Waals surface area contributed by atoms with Crippen molar-refractivity contribution in [3.63, 3.8) is 0 Å². The van der Waals surface area contributed by atoms with Crippen LogP contribution in [0.3, 0.4) is 0 Å². The summed E-state index contributed by atoms with van der Waals surface area (Å²) in [5.41, 5.74) is 0.325. The van der Waals surface area contributed by atoms with Gasteiger partial charge in [-0.2, -0.15) is 0 Å². The number of phenols is 1. The van der Waals surface area contributed by atoms with Crippen molar-refractivity contribution in [2.24, 2.45) is 0 Å². The van der Waals surface area contributed by atoms with Gasteiger partial charge in [-0.1, -0.05) is 13.8 Å². The van der Waals surface area contributed by atoms with Gasteiger partial charge in [0, 0.05) is 12.6 Å². The van der Waals surface area contributed by atoms with Gasteiger partial charge in [-0.25, -0.2) is 0 Å². The molecule has 0 aromatic heterocycles. The molecule has 0 atom stereocenters. The summed E-state index contributed by atoms with van der Waals surface area (Å²) in [7, 11) is 0. The lowest BCUT2D eigenvalue weighted by atomic mass is 10.1. The number of nitrogens with zero attached hydrogens (tertiary/aromatic N) is 1. The fourth-order valence-electron chi connectivity index (χ4n) is 1.73. The highest BCUT2D eigenvalue weighted by Gasteiger charge is 2.07. The van der Waals surface area contributed by atoms with Gasteiger partial charge in [0.1, 0.15) is 18.1 Å². The molecule has 100 valence electrons. The number of carbonyl (C=O) groups excluding carboxylic acids is 1. The van der Waals surface area contributed by atoms with Gasteiger partial charge in [-0.3, -0.25) is 4.79 Å². The zero-order valence-electron chi connectivity index (χ0n) is 11.3. The van der Waals surface area contributed by atoms with E-state index in [0.29, 0.717) is 17.9 Å². The number of rotatable bonds is 7. The highest BCUT2D eigenvalue weighted by molar-refractivity contribution is 5.96. The van der Waals surface area contributed by atoms with E-state index in [9.17, 15) is 9.90 Å². The third kappa shape index (κ3) is 4.04. The summed E-state index contributed by atoms with van der Waals surface area (Å²) in [6.45, 7) is 9.05. The van der Waals surface area contributed by atoms with Gasteiger partial charge in [-0.05, 0) is 32.1 Å². The molecule has 4 heteroatoms. The first kappa shape index (κ1) is 14.5. The molecule has 0 bridgehead atoms. The molecule has 0 aliphatic heterocycles. The number of benzene rings is 1. The van der Waals surface area contributed by atoms with E-state index >= 15 is 0 Å². The highest BCUT2D eigenvalue weighted by atomic mass is 16.5. The molecule has 4 nitrogen and oxygen atoms in total. The first-order valence-corrected chi connectivity index (χ1v) is 6.27. The number of hydrogen-bond donors (Lipinski definition) is 1. The Morgan fingerprint density at radius 1 is 1.33 bits per heavy atom. The average Bonchev–Trinajstić information content (AvgIpc) is 2.34. The van der Waals surface area contributed by atoms with Crippen LogP contribution in [0.5, 0.6) is 11.5 Å². The Hall–Kier alpha value is -1.55. The minimum Gasteiger partial charge on any atom is -0.507 e. The molecule has 1 N–H and O–H groups in total. The molecular weight excluding hydrogens is 230 g/mol. The summed E-state index contributed by atoms with van der Waals surface area (Å²) in [5, 5.41) is 9.65. The lowest BCUT2D eigenvalue weighted by molar-refractivity contribution is 0.101. The smallest absolute Gasteiger partial charge is 0.163 e. The van der Waals surface area contributed by atoms with Crippen LogP contribution in [0, 0.1) is 0 Å². The Morgan fingerprint density at radius 2 is 2.00 bits per heavy atom. The summed E-state index contributed by atoms with van der Waals surface area (Å²) in [4.78, 5) is 13.4. The minimum absolute atomic E-state index is 0.0251. The lowest BCUT2D eigenvalue weighted by Gasteiger charge is -2.18. The van der Waals surface area contributed by atoms with Gasteiger partial charge in [-0.15, -0.1) is 0 Å². The molecule has 18 heavy (non-hydrogen) atoms. The van der Waals surface area contributed by atoms with E-state index in [4.69, 9.17) is 4.74 Å². The molecule has 0 spiro atoms. The van der Waals surface area contributed by atoms with Crippen LogP contribution < -0.4 is 4.74 Å². The van der Waals surface area contributed by atoms with Gasteiger partial charge >= 0.3 is 0 Å². The first-order chi connectivity index (χ1) is 8.58. The van der Waals surface area contributed by atoms with Crippen LogP contribution >= 0.6 is 0 Å². The van der Waals surface area contributed by atoms with Crippen LogP contribution in [-0.2, 0) is 0 Å². The Kier molecular flexibility index (Phi) is 5.65. The molecule has 0 amide bonds. The van der Waals surface area contributed by atoms with Crippen molar-refractivity contribution in [2.75, 3.05) is 26.2 Å². The fourth-order valence-corrected chi connectivity index (χ4v) is 1.73. The maximum atomic E-state index is 11.2. The Bertz CT molecular complexity index is 400. The summed E-state index contributed by atoms with van der Waals surface area (Å²) < 4.78 is 5.54. The lowest BCUT2D eigenvalue weighted by Crippen LogP contribution is -2.27. The van der Waals surface area contributed by atoms with Gasteiger partial charge < -0.3 is 14.7 Å². The highest BCUT2D eigenvalue weighted by Crippen LogP contribution is 2.23. The van der Waals surface area contributed by atoms with E-state index in [1.807, 2.05) is 0 Å². The second-order valence-electron chi connectivity index (χ2n) is 4.11. The second kappa shape index (κ2) is 7.01. The molecule has 0 unspecified atom stereocenters. The molecule has 0 saturated carbocycles. The molecule has 0 saturated heterocycles. The fraction of sp³-hybridized carbons (Fsp3) is 0.500. The molecule has 1 aromatic rings. The van der Waals surface area contributed by atoms with E-state index in [-0.39, 0.29) is 11.5 Å². The molecule has 0 fully saturated rings. The summed E-state index contributed by atoms with van der Waals surface area (Å²) >= 11 is 0. The molecular formula is C14H21NO3. The zero-order chi connectivity index (χ0) is 13.5. The topological polar surface area (TPSA) is 49.8 Å². The Morgan fingerprint density at radius 3 is 2.50 bits per heavy atom. The standard InChI is InChI=1S/C14H21NO3/c1-4-15(5-2)8-9-18-12-6-7-13(11(3)16)14(17)10-12/h6-7,10,17H,4-5,8-9H2,1-3H3. The first-order valence-electron chi connectivity index (χ1n) is 6.27. The van der Waals surface area contributed by atoms with Crippen molar-refractivity contribution in [1.82, 2.24) is 4.90 Å². The molecule has 1 aromatic carbocycles. The van der Waals surface area contributed by atoms with Gasteiger partial charge in [0.2, 0.25) is 0 Å². The molecule has 0 radical (unpaired) electrons. The number of aromatic hydroxyl groups is 1. The third-order valence-electron chi connectivity index (χ3n) is 2.92. The van der Waals surface area contributed by atoms with E-state index < -0.39 is 0 Å². The normalized spacial score (nSPS) is 10.7. The maximum absolute atomic E-state index is 11.2. The predicted molar refractivity (Wildman–Crippen MR) is 71.4 cm³/mol. The van der Waals surface area contributed by atoms with Crippen LogP contribution in [0.15, 0.2) is 18.2 Å². The van der Waals surface area contributed by atoms with Crippen LogP contribution in [0.1, 0.15) is 31.1 Å². The van der Waals surface area contributed by atoms with Gasteiger partial charge in [0.05, 0.1) is 5.56 Å². The predicted octanol–water partition coefficient (Wildman–Crippen LogP) is 2.32. The zero-order valence-corrected chi connectivity index (χ0v) is 11.3. The average molecular weight is 251 g/mol. The van der Waals surface area contributed by atoms with E-state index in [1.54, 1.807) is 12.1 Å². The largest absolute Gasteiger partial charge is 0.507 e. The number of carbonyl (C=O) groups is 1. The molecule has 0 aliphatic carbocycles. The SMILES string of the molecule is CCN(CC)CCOc1ccc(C(C)=O)c(O)c1. The summed E-state index contributed by atoms with van der Waals surface area (Å²) in [6.07, 6.45) is 0. The number of phenolic OH excluding ortho intramolecular Hbond substituents is 1. The second-order valence-corrected chi connectivity index (χ2v) is 4.11. The number of ether oxygens (including phenoxy) is 1. The number of Topliss-reactive ketones (excluding diaryl/α,β-unsaturated/α-hetero) is 1. The van der Waals surface area contributed by atoms with Crippen molar-refractivity contribution < 1.29 is 14.6 Å². The summed E-state index contributed by atoms with van der Waals surface area (Å²) in [5.74, 6) is 0.412. The van der Waals surface area contributed by atoms with E-state index in [0.717, 1.165) is 19.6 Å². The minimum atomic E-state index is -0.151. The van der Waals surface area contributed by atoms with Crippen LogP contribution in [-0.4, -0.2) is 42.0 Å². The molecule has 1 rings (SSSR count). The maximum Gasteiger partial charge on any atom is 0.163 e. The number of hydrogen-bond acceptors (Lipinski definition) is 4.